The fraction of sp³-hybridized carbons (Fsp3) is 0.0500. The Morgan fingerprint density at radius 2 is 1.76 bits per heavy atom. The molecule has 3 N–H and O–H groups in total. The van der Waals surface area contributed by atoms with E-state index in [2.05, 4.69) is 28.2 Å². The van der Waals surface area contributed by atoms with Crippen LogP contribution in [0.25, 0.3) is 6.08 Å². The van der Waals surface area contributed by atoms with Gasteiger partial charge < -0.3 is 9.88 Å². The van der Waals surface area contributed by atoms with Gasteiger partial charge in [-0.05, 0) is 35.4 Å². The maximum atomic E-state index is 11.0. The zero-order chi connectivity index (χ0) is 17.5. The van der Waals surface area contributed by atoms with Gasteiger partial charge >= 0.3 is 0 Å². The van der Waals surface area contributed by atoms with E-state index < -0.39 is 5.91 Å². The lowest BCUT2D eigenvalue weighted by atomic mass is 10.2. The standard InChI is InChI=1S/C20H19N3O2/c24-20(22-25)11-8-16-6-9-18(10-7-16)21-19-12-13-23(15-19)14-17-4-2-1-3-5-17/h1-13,15,21,25H,14H2,(H,22,24)/b11-8+. The van der Waals surface area contributed by atoms with Crippen LogP contribution >= 0.6 is 0 Å². The normalized spacial score (nSPS) is 10.8. The number of amides is 1. The molecular formula is C20H19N3O2. The Morgan fingerprint density at radius 3 is 2.48 bits per heavy atom. The number of hydrogen-bond donors (Lipinski definition) is 3. The van der Waals surface area contributed by atoms with Crippen LogP contribution in [0.4, 0.5) is 11.4 Å². The molecule has 0 radical (unpaired) electrons. The average molecular weight is 333 g/mol. The number of carbonyl (C=O) groups excluding carboxylic acids is 1. The van der Waals surface area contributed by atoms with Crippen molar-refractivity contribution in [3.63, 3.8) is 0 Å². The van der Waals surface area contributed by atoms with E-state index in [1.165, 1.54) is 11.6 Å². The Labute approximate surface area is 146 Å². The first-order valence-corrected chi connectivity index (χ1v) is 7.92. The minimum atomic E-state index is -0.554. The van der Waals surface area contributed by atoms with Crippen molar-refractivity contribution in [3.05, 3.63) is 90.3 Å². The molecule has 0 saturated carbocycles. The summed E-state index contributed by atoms with van der Waals surface area (Å²) >= 11 is 0. The van der Waals surface area contributed by atoms with Crippen LogP contribution < -0.4 is 10.8 Å². The molecule has 5 nitrogen and oxygen atoms in total. The second-order valence-electron chi connectivity index (χ2n) is 5.61. The molecule has 3 aromatic rings. The van der Waals surface area contributed by atoms with E-state index in [1.807, 2.05) is 54.7 Å². The van der Waals surface area contributed by atoms with E-state index >= 15 is 0 Å². The molecule has 2 aromatic carbocycles. The summed E-state index contributed by atoms with van der Waals surface area (Å²) in [6.45, 7) is 0.833. The summed E-state index contributed by atoms with van der Waals surface area (Å²) in [6, 6.07) is 20.0. The molecule has 0 fully saturated rings. The van der Waals surface area contributed by atoms with Gasteiger partial charge in [0.2, 0.25) is 0 Å². The van der Waals surface area contributed by atoms with Gasteiger partial charge in [-0.15, -0.1) is 0 Å². The number of hydrogen-bond acceptors (Lipinski definition) is 3. The van der Waals surface area contributed by atoms with Crippen LogP contribution in [0.1, 0.15) is 11.1 Å². The topological polar surface area (TPSA) is 66.3 Å². The zero-order valence-electron chi connectivity index (χ0n) is 13.6. The quantitative estimate of drug-likeness (QED) is 0.365. The molecule has 25 heavy (non-hydrogen) atoms. The highest BCUT2D eigenvalue weighted by atomic mass is 16.5. The summed E-state index contributed by atoms with van der Waals surface area (Å²) in [7, 11) is 0. The molecule has 3 rings (SSSR count). The fourth-order valence-corrected chi connectivity index (χ4v) is 2.46. The third-order valence-electron chi connectivity index (χ3n) is 3.70. The van der Waals surface area contributed by atoms with Crippen molar-refractivity contribution in [2.75, 3.05) is 5.32 Å². The lowest BCUT2D eigenvalue weighted by Gasteiger charge is -2.05. The number of anilines is 2. The Bertz CT molecular complexity index is 852. The minimum absolute atomic E-state index is 0.554. The highest BCUT2D eigenvalue weighted by molar-refractivity contribution is 5.90. The molecule has 0 aliphatic carbocycles. The van der Waals surface area contributed by atoms with Crippen molar-refractivity contribution in [1.29, 1.82) is 0 Å². The highest BCUT2D eigenvalue weighted by Crippen LogP contribution is 2.18. The predicted octanol–water partition coefficient (Wildman–Crippen LogP) is 3.80. The number of nitrogens with zero attached hydrogens (tertiary/aromatic N) is 1. The molecule has 0 spiro atoms. The lowest BCUT2D eigenvalue weighted by Crippen LogP contribution is -2.14. The lowest BCUT2D eigenvalue weighted by molar-refractivity contribution is -0.124. The maximum Gasteiger partial charge on any atom is 0.267 e. The summed E-state index contributed by atoms with van der Waals surface area (Å²) < 4.78 is 2.13. The van der Waals surface area contributed by atoms with Crippen LogP contribution in [0.15, 0.2) is 79.1 Å². The van der Waals surface area contributed by atoms with Crippen LogP contribution in [0.5, 0.6) is 0 Å². The van der Waals surface area contributed by atoms with Gasteiger partial charge in [-0.3, -0.25) is 10.0 Å². The molecule has 0 aliphatic heterocycles. The minimum Gasteiger partial charge on any atom is -0.354 e. The molecule has 1 aromatic heterocycles. The molecule has 126 valence electrons. The van der Waals surface area contributed by atoms with Crippen LogP contribution in [-0.4, -0.2) is 15.7 Å². The van der Waals surface area contributed by atoms with Crippen molar-refractivity contribution >= 4 is 23.4 Å². The van der Waals surface area contributed by atoms with Gasteiger partial charge in [0.05, 0.1) is 5.69 Å². The highest BCUT2D eigenvalue weighted by Gasteiger charge is 1.99. The van der Waals surface area contributed by atoms with Crippen molar-refractivity contribution in [3.8, 4) is 0 Å². The van der Waals surface area contributed by atoms with Gasteiger partial charge in [-0.25, -0.2) is 5.48 Å². The van der Waals surface area contributed by atoms with E-state index in [9.17, 15) is 4.79 Å². The number of carbonyl (C=O) groups is 1. The molecule has 1 amide bonds. The van der Waals surface area contributed by atoms with Crippen LogP contribution in [0.3, 0.4) is 0 Å². The first kappa shape index (κ1) is 16.5. The smallest absolute Gasteiger partial charge is 0.267 e. The SMILES string of the molecule is O=C(/C=C/c1ccc(Nc2ccn(Cc3ccccc3)c2)cc1)NO. The largest absolute Gasteiger partial charge is 0.354 e. The van der Waals surface area contributed by atoms with Gasteiger partial charge in [0.15, 0.2) is 0 Å². The van der Waals surface area contributed by atoms with Gasteiger partial charge in [0, 0.05) is 30.7 Å². The van der Waals surface area contributed by atoms with Gasteiger partial charge in [0.25, 0.3) is 5.91 Å². The number of rotatable bonds is 6. The predicted molar refractivity (Wildman–Crippen MR) is 98.7 cm³/mol. The van der Waals surface area contributed by atoms with E-state index in [0.29, 0.717) is 0 Å². The second-order valence-corrected chi connectivity index (χ2v) is 5.61. The van der Waals surface area contributed by atoms with Gasteiger partial charge in [-0.1, -0.05) is 42.5 Å². The van der Waals surface area contributed by atoms with Crippen molar-refractivity contribution in [1.82, 2.24) is 10.0 Å². The molecule has 0 bridgehead atoms. The molecule has 0 aliphatic rings. The Hall–Kier alpha value is -3.31. The maximum absolute atomic E-state index is 11.0. The van der Waals surface area contributed by atoms with Crippen LogP contribution in [0, 0.1) is 0 Å². The van der Waals surface area contributed by atoms with Crippen LogP contribution in [0.2, 0.25) is 0 Å². The molecule has 0 atom stereocenters. The Kier molecular flexibility index (Phi) is 5.29. The van der Waals surface area contributed by atoms with Crippen molar-refractivity contribution in [2.24, 2.45) is 0 Å². The average Bonchev–Trinajstić information content (AvgIpc) is 3.08. The molecule has 0 unspecified atom stereocenters. The molecular weight excluding hydrogens is 314 g/mol. The number of benzene rings is 2. The number of aromatic nitrogens is 1. The fourth-order valence-electron chi connectivity index (χ4n) is 2.46. The van der Waals surface area contributed by atoms with Gasteiger partial charge in [-0.2, -0.15) is 0 Å². The first-order chi connectivity index (χ1) is 12.2. The van der Waals surface area contributed by atoms with E-state index in [1.54, 1.807) is 11.6 Å². The Morgan fingerprint density at radius 1 is 1.00 bits per heavy atom. The summed E-state index contributed by atoms with van der Waals surface area (Å²) in [6.07, 6.45) is 7.00. The molecule has 0 saturated heterocycles. The third-order valence-corrected chi connectivity index (χ3v) is 3.70. The van der Waals surface area contributed by atoms with Crippen LogP contribution in [-0.2, 0) is 11.3 Å². The van der Waals surface area contributed by atoms with Crippen molar-refractivity contribution < 1.29 is 10.0 Å². The molecule has 1 heterocycles. The van der Waals surface area contributed by atoms with Gasteiger partial charge in [0.1, 0.15) is 0 Å². The zero-order valence-corrected chi connectivity index (χ0v) is 13.6. The molecule has 5 heteroatoms. The van der Waals surface area contributed by atoms with E-state index in [4.69, 9.17) is 5.21 Å². The van der Waals surface area contributed by atoms with E-state index in [-0.39, 0.29) is 0 Å². The Balaban J connectivity index is 1.61. The van der Waals surface area contributed by atoms with E-state index in [0.717, 1.165) is 23.5 Å². The monoisotopic (exact) mass is 333 g/mol. The summed E-state index contributed by atoms with van der Waals surface area (Å²) in [5.74, 6) is -0.554. The second kappa shape index (κ2) is 7.99. The first-order valence-electron chi connectivity index (χ1n) is 7.92. The summed E-state index contributed by atoms with van der Waals surface area (Å²) in [5, 5.41) is 11.8. The van der Waals surface area contributed by atoms with Crippen molar-refractivity contribution in [2.45, 2.75) is 6.54 Å². The number of hydroxylamine groups is 1. The summed E-state index contributed by atoms with van der Waals surface area (Å²) in [4.78, 5) is 11.0. The number of nitrogens with one attached hydrogen (secondary N) is 2. The summed E-state index contributed by atoms with van der Waals surface area (Å²) in [5.41, 5.74) is 5.66. The third kappa shape index (κ3) is 4.83.